The number of nitrogens with one attached hydrogen (secondary N) is 1. The van der Waals surface area contributed by atoms with Crippen molar-refractivity contribution in [3.63, 3.8) is 0 Å². The number of nitrogens with zero attached hydrogens (tertiary/aromatic N) is 2. The smallest absolute Gasteiger partial charge is 0.224 e. The van der Waals surface area contributed by atoms with E-state index in [1.165, 1.54) is 11.1 Å². The van der Waals surface area contributed by atoms with E-state index in [1.54, 1.807) is 11.3 Å². The quantitative estimate of drug-likeness (QED) is 0.863. The summed E-state index contributed by atoms with van der Waals surface area (Å²) in [5.74, 6) is 0.0972. The van der Waals surface area contributed by atoms with E-state index in [9.17, 15) is 4.79 Å². The molecule has 0 saturated carbocycles. The number of carbonyl (C=O) groups excluding carboxylic acids is 1. The number of aryl methyl sites for hydroxylation is 1. The molecule has 0 radical (unpaired) electrons. The average molecular weight is 358 g/mol. The van der Waals surface area contributed by atoms with Crippen molar-refractivity contribution < 1.29 is 4.79 Å². The lowest BCUT2D eigenvalue weighted by atomic mass is 10.1. The number of amides is 1. The van der Waals surface area contributed by atoms with E-state index in [0.717, 1.165) is 31.7 Å². The lowest BCUT2D eigenvalue weighted by Gasteiger charge is -2.38. The van der Waals surface area contributed by atoms with Gasteiger partial charge in [-0.05, 0) is 41.9 Å². The minimum atomic E-state index is 0.0972. The fraction of sp³-hybridized carbons (Fsp3) is 0.450. The first-order valence-corrected chi connectivity index (χ1v) is 9.83. The van der Waals surface area contributed by atoms with Crippen LogP contribution in [-0.2, 0) is 11.2 Å². The van der Waals surface area contributed by atoms with Crippen LogP contribution < -0.4 is 5.32 Å². The zero-order chi connectivity index (χ0) is 17.6. The molecule has 2 heterocycles. The van der Waals surface area contributed by atoms with Crippen LogP contribution >= 0.6 is 11.3 Å². The van der Waals surface area contributed by atoms with Gasteiger partial charge in [0.25, 0.3) is 0 Å². The third kappa shape index (κ3) is 5.14. The number of thiophene rings is 1. The topological polar surface area (TPSA) is 35.6 Å². The molecule has 25 heavy (non-hydrogen) atoms. The first-order chi connectivity index (χ1) is 12.1. The highest BCUT2D eigenvalue weighted by Crippen LogP contribution is 2.23. The van der Waals surface area contributed by atoms with Gasteiger partial charge in [-0.1, -0.05) is 29.8 Å². The number of benzene rings is 1. The zero-order valence-corrected chi connectivity index (χ0v) is 15.9. The van der Waals surface area contributed by atoms with Crippen LogP contribution in [0.25, 0.3) is 0 Å². The molecule has 1 amide bonds. The van der Waals surface area contributed by atoms with E-state index in [4.69, 9.17) is 0 Å². The number of rotatable bonds is 6. The second-order valence-electron chi connectivity index (χ2n) is 6.88. The second kappa shape index (κ2) is 8.61. The van der Waals surface area contributed by atoms with E-state index >= 15 is 0 Å². The summed E-state index contributed by atoms with van der Waals surface area (Å²) in [5, 5.41) is 7.48. The highest BCUT2D eigenvalue weighted by molar-refractivity contribution is 7.07. The van der Waals surface area contributed by atoms with Crippen molar-refractivity contribution in [1.29, 1.82) is 0 Å². The summed E-state index contributed by atoms with van der Waals surface area (Å²) in [4.78, 5) is 17.3. The summed E-state index contributed by atoms with van der Waals surface area (Å²) in [6.45, 7) is 6.98. The molecule has 1 N–H and O–H groups in total. The Balaban J connectivity index is 1.59. The molecule has 0 spiro atoms. The molecule has 4 nitrogen and oxygen atoms in total. The van der Waals surface area contributed by atoms with Crippen LogP contribution in [0.15, 0.2) is 41.1 Å². The van der Waals surface area contributed by atoms with Crippen LogP contribution in [0.4, 0.5) is 0 Å². The third-order valence-corrected chi connectivity index (χ3v) is 5.55. The predicted molar refractivity (Wildman–Crippen MR) is 104 cm³/mol. The molecular formula is C20H27N3OS. The largest absolute Gasteiger partial charge is 0.354 e. The zero-order valence-electron chi connectivity index (χ0n) is 15.1. The van der Waals surface area contributed by atoms with E-state index in [2.05, 4.69) is 58.0 Å². The maximum absolute atomic E-state index is 12.4. The average Bonchev–Trinajstić information content (AvgIpc) is 3.11. The summed E-state index contributed by atoms with van der Waals surface area (Å²) < 4.78 is 0. The molecular weight excluding hydrogens is 330 g/mol. The van der Waals surface area contributed by atoms with Gasteiger partial charge in [-0.15, -0.1) is 0 Å². The van der Waals surface area contributed by atoms with Gasteiger partial charge in [-0.25, -0.2) is 0 Å². The van der Waals surface area contributed by atoms with E-state index in [1.807, 2.05) is 12.1 Å². The van der Waals surface area contributed by atoms with E-state index in [-0.39, 0.29) is 11.9 Å². The number of hydrogen-bond acceptors (Lipinski definition) is 4. The van der Waals surface area contributed by atoms with Crippen LogP contribution in [0.1, 0.15) is 22.7 Å². The van der Waals surface area contributed by atoms with Gasteiger partial charge in [-0.3, -0.25) is 9.69 Å². The molecule has 3 rings (SSSR count). The van der Waals surface area contributed by atoms with Crippen molar-refractivity contribution in [3.8, 4) is 0 Å². The molecule has 0 aliphatic carbocycles. The summed E-state index contributed by atoms with van der Waals surface area (Å²) in [6, 6.07) is 10.6. The van der Waals surface area contributed by atoms with Crippen LogP contribution in [0.5, 0.6) is 0 Å². The first-order valence-electron chi connectivity index (χ1n) is 8.89. The Hall–Kier alpha value is -1.69. The van der Waals surface area contributed by atoms with Crippen molar-refractivity contribution in [2.45, 2.75) is 19.4 Å². The normalized spacial score (nSPS) is 17.4. The number of carbonyl (C=O) groups is 1. The Morgan fingerprint density at radius 3 is 2.72 bits per heavy atom. The van der Waals surface area contributed by atoms with Crippen LogP contribution in [0.2, 0.25) is 0 Å². The van der Waals surface area contributed by atoms with Crippen molar-refractivity contribution >= 4 is 17.2 Å². The Kier molecular flexibility index (Phi) is 6.24. The molecule has 0 unspecified atom stereocenters. The van der Waals surface area contributed by atoms with Crippen molar-refractivity contribution in [3.05, 3.63) is 57.8 Å². The molecule has 1 aliphatic rings. The van der Waals surface area contributed by atoms with Gasteiger partial charge in [0.2, 0.25) is 5.91 Å². The van der Waals surface area contributed by atoms with Gasteiger partial charge in [0, 0.05) is 32.7 Å². The third-order valence-electron chi connectivity index (χ3n) is 4.85. The Bertz CT molecular complexity index is 678. The second-order valence-corrected chi connectivity index (χ2v) is 7.66. The maximum atomic E-state index is 12.4. The Morgan fingerprint density at radius 2 is 2.04 bits per heavy atom. The number of piperazine rings is 1. The molecule has 5 heteroatoms. The van der Waals surface area contributed by atoms with Crippen molar-refractivity contribution in [2.75, 3.05) is 39.8 Å². The van der Waals surface area contributed by atoms with Gasteiger partial charge >= 0.3 is 0 Å². The van der Waals surface area contributed by atoms with Gasteiger partial charge in [0.1, 0.15) is 0 Å². The molecule has 0 bridgehead atoms. The molecule has 1 aromatic heterocycles. The van der Waals surface area contributed by atoms with Gasteiger partial charge < -0.3 is 10.2 Å². The highest BCUT2D eigenvalue weighted by atomic mass is 32.1. The molecule has 1 atom stereocenters. The van der Waals surface area contributed by atoms with Gasteiger partial charge in [0.05, 0.1) is 12.5 Å². The van der Waals surface area contributed by atoms with Crippen LogP contribution in [0, 0.1) is 6.92 Å². The first kappa shape index (κ1) is 18.1. The van der Waals surface area contributed by atoms with Crippen molar-refractivity contribution in [2.24, 2.45) is 0 Å². The summed E-state index contributed by atoms with van der Waals surface area (Å²) in [5.41, 5.74) is 3.58. The summed E-state index contributed by atoms with van der Waals surface area (Å²) in [6.07, 6.45) is 0.445. The minimum Gasteiger partial charge on any atom is -0.354 e. The summed E-state index contributed by atoms with van der Waals surface area (Å²) >= 11 is 1.72. The molecule has 1 aromatic carbocycles. The lowest BCUT2D eigenvalue weighted by Crippen LogP contribution is -2.48. The highest BCUT2D eigenvalue weighted by Gasteiger charge is 2.24. The van der Waals surface area contributed by atoms with Gasteiger partial charge in [0.15, 0.2) is 0 Å². The molecule has 1 aliphatic heterocycles. The number of hydrogen-bond donors (Lipinski definition) is 1. The summed E-state index contributed by atoms with van der Waals surface area (Å²) in [7, 11) is 2.17. The van der Waals surface area contributed by atoms with Gasteiger partial charge in [-0.2, -0.15) is 11.3 Å². The maximum Gasteiger partial charge on any atom is 0.224 e. The lowest BCUT2D eigenvalue weighted by molar-refractivity contribution is -0.120. The standard InChI is InChI=1S/C20H27N3OS/c1-16-4-3-5-17(12-16)13-20(24)21-14-19(18-6-11-25-15-18)23-9-7-22(2)8-10-23/h3-6,11-12,15,19H,7-10,13-14H2,1-2H3,(H,21,24)/t19-/m0/s1. The fourth-order valence-electron chi connectivity index (χ4n) is 3.34. The van der Waals surface area contributed by atoms with E-state index < -0.39 is 0 Å². The SMILES string of the molecule is Cc1cccc(CC(=O)NC[C@@H](c2ccsc2)N2CCN(C)CC2)c1. The molecule has 2 aromatic rings. The van der Waals surface area contributed by atoms with Crippen LogP contribution in [-0.4, -0.2) is 55.5 Å². The Morgan fingerprint density at radius 1 is 1.24 bits per heavy atom. The molecule has 1 fully saturated rings. The predicted octanol–water partition coefficient (Wildman–Crippen LogP) is 2.70. The monoisotopic (exact) mass is 357 g/mol. The van der Waals surface area contributed by atoms with Crippen molar-refractivity contribution in [1.82, 2.24) is 15.1 Å². The number of likely N-dealkylation sites (N-methyl/N-ethyl adjacent to an activating group) is 1. The fourth-order valence-corrected chi connectivity index (χ4v) is 4.04. The molecule has 134 valence electrons. The molecule has 1 saturated heterocycles. The van der Waals surface area contributed by atoms with Crippen LogP contribution in [0.3, 0.4) is 0 Å². The minimum absolute atomic E-state index is 0.0972. The van der Waals surface area contributed by atoms with E-state index in [0.29, 0.717) is 13.0 Å². The Labute approximate surface area is 154 Å².